The van der Waals surface area contributed by atoms with Crippen molar-refractivity contribution in [3.63, 3.8) is 0 Å². The largest absolute Gasteiger partial charge is 0.305 e. The molecule has 2 aliphatic rings. The van der Waals surface area contributed by atoms with Crippen molar-refractivity contribution in [3.8, 4) is 0 Å². The topological polar surface area (TPSA) is 20.3 Å². The van der Waals surface area contributed by atoms with E-state index in [0.717, 1.165) is 25.4 Å². The van der Waals surface area contributed by atoms with E-state index in [9.17, 15) is 4.79 Å². The molecule has 1 saturated carbocycles. The first-order valence-electron chi connectivity index (χ1n) is 3.48. The molecule has 0 N–H and O–H groups in total. The van der Waals surface area contributed by atoms with Gasteiger partial charge in [0.2, 0.25) is 0 Å². The van der Waals surface area contributed by atoms with Crippen molar-refractivity contribution in [2.45, 2.75) is 6.42 Å². The molecule has 2 heteroatoms. The Labute approximate surface area is 54.8 Å². The molecular weight excluding hydrogens is 114 g/mol. The van der Waals surface area contributed by atoms with Crippen molar-refractivity contribution >= 4 is 5.78 Å². The summed E-state index contributed by atoms with van der Waals surface area (Å²) in [5, 5.41) is 0. The van der Waals surface area contributed by atoms with Crippen molar-refractivity contribution < 1.29 is 4.79 Å². The van der Waals surface area contributed by atoms with Crippen LogP contribution in [-0.4, -0.2) is 30.8 Å². The second-order valence-corrected chi connectivity index (χ2v) is 3.26. The molecule has 2 nitrogen and oxygen atoms in total. The highest BCUT2D eigenvalue weighted by Crippen LogP contribution is 2.36. The lowest BCUT2D eigenvalue weighted by molar-refractivity contribution is -0.131. The summed E-state index contributed by atoms with van der Waals surface area (Å²) in [6, 6.07) is 0. The highest BCUT2D eigenvalue weighted by Gasteiger charge is 2.44. The van der Waals surface area contributed by atoms with Gasteiger partial charge in [0.1, 0.15) is 5.78 Å². The summed E-state index contributed by atoms with van der Waals surface area (Å²) in [4.78, 5) is 13.1. The van der Waals surface area contributed by atoms with E-state index in [-0.39, 0.29) is 0 Å². The van der Waals surface area contributed by atoms with Crippen LogP contribution >= 0.6 is 0 Å². The fourth-order valence-electron chi connectivity index (χ4n) is 1.91. The minimum atomic E-state index is 0.426. The number of ketones is 1. The Bertz CT molecular complexity index is 155. The molecule has 0 bridgehead atoms. The molecule has 0 aromatic carbocycles. The van der Waals surface area contributed by atoms with E-state index >= 15 is 0 Å². The Morgan fingerprint density at radius 3 is 2.78 bits per heavy atom. The first-order valence-corrected chi connectivity index (χ1v) is 3.48. The monoisotopic (exact) mass is 125 g/mol. The molecule has 2 atom stereocenters. The van der Waals surface area contributed by atoms with Gasteiger partial charge in [0.15, 0.2) is 0 Å². The number of carbonyl (C=O) groups is 1. The van der Waals surface area contributed by atoms with E-state index in [4.69, 9.17) is 0 Å². The molecule has 0 aromatic heterocycles. The van der Waals surface area contributed by atoms with E-state index in [1.54, 1.807) is 0 Å². The van der Waals surface area contributed by atoms with Gasteiger partial charge in [0.25, 0.3) is 0 Å². The summed E-state index contributed by atoms with van der Waals surface area (Å²) < 4.78 is 0. The van der Waals surface area contributed by atoms with Crippen molar-refractivity contribution in [2.75, 3.05) is 20.1 Å². The third kappa shape index (κ3) is 0.628. The molecule has 0 radical (unpaired) electrons. The van der Waals surface area contributed by atoms with E-state index in [2.05, 4.69) is 11.9 Å². The van der Waals surface area contributed by atoms with Gasteiger partial charge < -0.3 is 4.90 Å². The zero-order valence-corrected chi connectivity index (χ0v) is 5.63. The summed E-state index contributed by atoms with van der Waals surface area (Å²) in [6.45, 7) is 2.17. The molecule has 50 valence electrons. The lowest BCUT2D eigenvalue weighted by atomic mass is 9.75. The highest BCUT2D eigenvalue weighted by molar-refractivity contribution is 5.88. The SMILES string of the molecule is CN1CC2CC(=O)C2C1. The zero-order valence-electron chi connectivity index (χ0n) is 5.63. The maximum Gasteiger partial charge on any atom is 0.137 e. The maximum atomic E-state index is 10.8. The van der Waals surface area contributed by atoms with Gasteiger partial charge in [0.05, 0.1) is 0 Å². The van der Waals surface area contributed by atoms with Gasteiger partial charge in [0, 0.05) is 25.4 Å². The predicted molar refractivity (Wildman–Crippen MR) is 34.1 cm³/mol. The van der Waals surface area contributed by atoms with E-state index in [1.807, 2.05) is 0 Å². The Morgan fingerprint density at radius 2 is 2.33 bits per heavy atom. The average molecular weight is 125 g/mol. The molecule has 2 unspecified atom stereocenters. The fourth-order valence-corrected chi connectivity index (χ4v) is 1.91. The van der Waals surface area contributed by atoms with Crippen LogP contribution in [0.2, 0.25) is 0 Å². The Balaban J connectivity index is 2.08. The van der Waals surface area contributed by atoms with Crippen LogP contribution in [0.5, 0.6) is 0 Å². The summed E-state index contributed by atoms with van der Waals surface area (Å²) in [6.07, 6.45) is 0.856. The Hall–Kier alpha value is -0.370. The molecule has 2 rings (SSSR count). The minimum absolute atomic E-state index is 0.426. The minimum Gasteiger partial charge on any atom is -0.305 e. The van der Waals surface area contributed by atoms with Crippen LogP contribution in [0.25, 0.3) is 0 Å². The third-order valence-corrected chi connectivity index (χ3v) is 2.50. The van der Waals surface area contributed by atoms with E-state index in [1.165, 1.54) is 0 Å². The Kier molecular flexibility index (Phi) is 0.943. The smallest absolute Gasteiger partial charge is 0.137 e. The number of nitrogens with zero attached hydrogens (tertiary/aromatic N) is 1. The van der Waals surface area contributed by atoms with Gasteiger partial charge in [-0.1, -0.05) is 0 Å². The molecule has 1 aliphatic carbocycles. The van der Waals surface area contributed by atoms with Gasteiger partial charge in [-0.15, -0.1) is 0 Å². The van der Waals surface area contributed by atoms with E-state index < -0.39 is 0 Å². The first-order chi connectivity index (χ1) is 4.27. The molecule has 1 heterocycles. The molecule has 1 saturated heterocycles. The summed E-state index contributed by atoms with van der Waals surface area (Å²) in [5.41, 5.74) is 0. The number of fused-ring (bicyclic) bond motifs is 1. The van der Waals surface area contributed by atoms with Crippen molar-refractivity contribution in [1.29, 1.82) is 0 Å². The number of likely N-dealkylation sites (tertiary alicyclic amines) is 1. The number of carbonyl (C=O) groups excluding carboxylic acids is 1. The van der Waals surface area contributed by atoms with Gasteiger partial charge in [-0.3, -0.25) is 4.79 Å². The molecule has 0 spiro atoms. The number of rotatable bonds is 0. The molecule has 9 heavy (non-hydrogen) atoms. The number of hydrogen-bond acceptors (Lipinski definition) is 2. The normalized spacial score (nSPS) is 42.6. The lowest BCUT2D eigenvalue weighted by Gasteiger charge is -2.26. The van der Waals surface area contributed by atoms with Crippen molar-refractivity contribution in [1.82, 2.24) is 4.90 Å². The number of Topliss-reactive ketones (excluding diaryl/α,β-unsaturated/α-hetero) is 1. The van der Waals surface area contributed by atoms with Gasteiger partial charge in [-0.05, 0) is 13.0 Å². The Morgan fingerprint density at radius 1 is 1.56 bits per heavy atom. The third-order valence-electron chi connectivity index (χ3n) is 2.50. The molecule has 0 amide bonds. The van der Waals surface area contributed by atoms with Gasteiger partial charge in [-0.25, -0.2) is 0 Å². The van der Waals surface area contributed by atoms with Crippen LogP contribution < -0.4 is 0 Å². The average Bonchev–Trinajstić information content (AvgIpc) is 2.08. The first kappa shape index (κ1) is 5.42. The number of hydrogen-bond donors (Lipinski definition) is 0. The standard InChI is InChI=1S/C7H11NO/c1-8-3-5-2-7(9)6(5)4-8/h5-6H,2-4H2,1H3. The van der Waals surface area contributed by atoms with Gasteiger partial charge in [-0.2, -0.15) is 0 Å². The van der Waals surface area contributed by atoms with Crippen LogP contribution in [0.4, 0.5) is 0 Å². The summed E-state index contributed by atoms with van der Waals surface area (Å²) >= 11 is 0. The molecule has 2 fully saturated rings. The second kappa shape index (κ2) is 1.57. The molecule has 0 aromatic rings. The lowest BCUT2D eigenvalue weighted by Crippen LogP contribution is -2.35. The zero-order chi connectivity index (χ0) is 6.43. The van der Waals surface area contributed by atoms with E-state index in [0.29, 0.717) is 11.7 Å². The second-order valence-electron chi connectivity index (χ2n) is 3.26. The molecule has 1 aliphatic heterocycles. The summed E-state index contributed by atoms with van der Waals surface area (Å²) in [7, 11) is 2.09. The van der Waals surface area contributed by atoms with Crippen molar-refractivity contribution in [3.05, 3.63) is 0 Å². The fraction of sp³-hybridized carbons (Fsp3) is 0.857. The van der Waals surface area contributed by atoms with Crippen LogP contribution in [-0.2, 0) is 4.79 Å². The van der Waals surface area contributed by atoms with Crippen LogP contribution in [0.3, 0.4) is 0 Å². The van der Waals surface area contributed by atoms with Crippen molar-refractivity contribution in [2.24, 2.45) is 11.8 Å². The highest BCUT2D eigenvalue weighted by atomic mass is 16.1. The maximum absolute atomic E-state index is 10.8. The quantitative estimate of drug-likeness (QED) is 0.459. The molecular formula is C7H11NO. The summed E-state index contributed by atoms with van der Waals surface area (Å²) in [5.74, 6) is 1.64. The van der Waals surface area contributed by atoms with Crippen LogP contribution in [0, 0.1) is 11.8 Å². The van der Waals surface area contributed by atoms with Crippen LogP contribution in [0.1, 0.15) is 6.42 Å². The van der Waals surface area contributed by atoms with Crippen LogP contribution in [0.15, 0.2) is 0 Å². The predicted octanol–water partition coefficient (Wildman–Crippen LogP) is 0.137. The van der Waals surface area contributed by atoms with Gasteiger partial charge >= 0.3 is 0 Å².